The van der Waals surface area contributed by atoms with Gasteiger partial charge in [0.15, 0.2) is 0 Å². The number of ether oxygens (including phenoxy) is 1. The third kappa shape index (κ3) is 4.62. The van der Waals surface area contributed by atoms with Crippen molar-refractivity contribution in [1.29, 1.82) is 0 Å². The fraction of sp³-hybridized carbons (Fsp3) is 0.316. The standard InChI is InChI=1S/C19H23NO2/c1-14-7-10-17(11-8-14)20-19(21)6-4-5-16-9-12-18(22-3)13-15(16)2/h7-13H,4-6H2,1-3H3,(H,20,21). The molecule has 0 unspecified atom stereocenters. The van der Waals surface area contributed by atoms with Gasteiger partial charge in [-0.1, -0.05) is 23.8 Å². The summed E-state index contributed by atoms with van der Waals surface area (Å²) < 4.78 is 5.20. The first kappa shape index (κ1) is 16.1. The Bertz CT molecular complexity index is 632. The first-order chi connectivity index (χ1) is 10.6. The van der Waals surface area contributed by atoms with Crippen molar-refractivity contribution < 1.29 is 9.53 Å². The van der Waals surface area contributed by atoms with Gasteiger partial charge in [-0.15, -0.1) is 0 Å². The summed E-state index contributed by atoms with van der Waals surface area (Å²) >= 11 is 0. The van der Waals surface area contributed by atoms with Crippen LogP contribution in [0.25, 0.3) is 0 Å². The van der Waals surface area contributed by atoms with Gasteiger partial charge in [0.2, 0.25) is 5.91 Å². The van der Waals surface area contributed by atoms with E-state index in [0.717, 1.165) is 24.3 Å². The zero-order valence-electron chi connectivity index (χ0n) is 13.5. The van der Waals surface area contributed by atoms with Gasteiger partial charge in [-0.05, 0) is 62.1 Å². The molecule has 0 radical (unpaired) electrons. The van der Waals surface area contributed by atoms with Gasteiger partial charge in [0.1, 0.15) is 5.75 Å². The Morgan fingerprint density at radius 2 is 1.82 bits per heavy atom. The Morgan fingerprint density at radius 3 is 2.45 bits per heavy atom. The topological polar surface area (TPSA) is 38.3 Å². The highest BCUT2D eigenvalue weighted by Crippen LogP contribution is 2.18. The summed E-state index contributed by atoms with van der Waals surface area (Å²) in [5.41, 5.74) is 4.52. The molecule has 0 aliphatic rings. The Balaban J connectivity index is 1.80. The number of anilines is 1. The van der Waals surface area contributed by atoms with Crippen LogP contribution in [0.2, 0.25) is 0 Å². The second-order valence-corrected chi connectivity index (χ2v) is 5.56. The van der Waals surface area contributed by atoms with Gasteiger partial charge in [0, 0.05) is 12.1 Å². The molecule has 0 aromatic heterocycles. The van der Waals surface area contributed by atoms with Crippen molar-refractivity contribution in [2.24, 2.45) is 0 Å². The van der Waals surface area contributed by atoms with E-state index in [4.69, 9.17) is 4.74 Å². The lowest BCUT2D eigenvalue weighted by molar-refractivity contribution is -0.116. The van der Waals surface area contributed by atoms with Crippen molar-refractivity contribution in [2.75, 3.05) is 12.4 Å². The van der Waals surface area contributed by atoms with Gasteiger partial charge in [0.25, 0.3) is 0 Å². The molecule has 0 atom stereocenters. The minimum atomic E-state index is 0.0648. The van der Waals surface area contributed by atoms with E-state index in [1.54, 1.807) is 7.11 Å². The summed E-state index contributed by atoms with van der Waals surface area (Å²) in [6.45, 7) is 4.10. The number of nitrogens with one attached hydrogen (secondary N) is 1. The summed E-state index contributed by atoms with van der Waals surface area (Å²) in [5.74, 6) is 0.938. The molecule has 0 spiro atoms. The molecule has 1 N–H and O–H groups in total. The van der Waals surface area contributed by atoms with Crippen molar-refractivity contribution in [3.8, 4) is 5.75 Å². The van der Waals surface area contributed by atoms with Crippen LogP contribution >= 0.6 is 0 Å². The number of carbonyl (C=O) groups excluding carboxylic acids is 1. The van der Waals surface area contributed by atoms with E-state index in [-0.39, 0.29) is 5.91 Å². The minimum absolute atomic E-state index is 0.0648. The number of hydrogen-bond donors (Lipinski definition) is 1. The summed E-state index contributed by atoms with van der Waals surface area (Å²) in [7, 11) is 1.67. The number of methoxy groups -OCH3 is 1. The second kappa shape index (κ2) is 7.64. The summed E-state index contributed by atoms with van der Waals surface area (Å²) in [5, 5.41) is 2.93. The van der Waals surface area contributed by atoms with Crippen LogP contribution in [0.4, 0.5) is 5.69 Å². The highest BCUT2D eigenvalue weighted by atomic mass is 16.5. The zero-order chi connectivity index (χ0) is 15.9. The molecule has 0 aliphatic heterocycles. The predicted octanol–water partition coefficient (Wildman–Crippen LogP) is 4.27. The Kier molecular flexibility index (Phi) is 5.59. The number of benzene rings is 2. The van der Waals surface area contributed by atoms with E-state index in [9.17, 15) is 4.79 Å². The van der Waals surface area contributed by atoms with Crippen LogP contribution in [0.5, 0.6) is 5.75 Å². The average molecular weight is 297 g/mol. The Labute approximate surface area is 132 Å². The lowest BCUT2D eigenvalue weighted by Crippen LogP contribution is -2.11. The van der Waals surface area contributed by atoms with Gasteiger partial charge in [-0.25, -0.2) is 0 Å². The van der Waals surface area contributed by atoms with E-state index in [1.807, 2.05) is 43.3 Å². The average Bonchev–Trinajstić information content (AvgIpc) is 2.51. The smallest absolute Gasteiger partial charge is 0.224 e. The molecule has 0 saturated carbocycles. The number of hydrogen-bond acceptors (Lipinski definition) is 2. The first-order valence-electron chi connectivity index (χ1n) is 7.58. The third-order valence-electron chi connectivity index (χ3n) is 3.74. The molecule has 116 valence electrons. The molecule has 2 aromatic rings. The number of carbonyl (C=O) groups is 1. The lowest BCUT2D eigenvalue weighted by atomic mass is 10.0. The highest BCUT2D eigenvalue weighted by molar-refractivity contribution is 5.90. The van der Waals surface area contributed by atoms with E-state index < -0.39 is 0 Å². The van der Waals surface area contributed by atoms with Crippen molar-refractivity contribution in [3.63, 3.8) is 0 Å². The Hall–Kier alpha value is -2.29. The monoisotopic (exact) mass is 297 g/mol. The molecule has 1 amide bonds. The van der Waals surface area contributed by atoms with Gasteiger partial charge < -0.3 is 10.1 Å². The summed E-state index contributed by atoms with van der Waals surface area (Å²) in [6, 6.07) is 13.9. The van der Waals surface area contributed by atoms with Gasteiger partial charge in [-0.3, -0.25) is 4.79 Å². The van der Waals surface area contributed by atoms with Crippen LogP contribution in [0.1, 0.15) is 29.5 Å². The summed E-state index contributed by atoms with van der Waals surface area (Å²) in [6.07, 6.45) is 2.27. The Morgan fingerprint density at radius 1 is 1.09 bits per heavy atom. The largest absolute Gasteiger partial charge is 0.497 e. The molecule has 0 heterocycles. The molecule has 2 aromatic carbocycles. The number of amides is 1. The third-order valence-corrected chi connectivity index (χ3v) is 3.74. The van der Waals surface area contributed by atoms with Crippen LogP contribution in [-0.4, -0.2) is 13.0 Å². The van der Waals surface area contributed by atoms with Gasteiger partial charge in [-0.2, -0.15) is 0 Å². The quantitative estimate of drug-likeness (QED) is 0.864. The normalized spacial score (nSPS) is 10.3. The van der Waals surface area contributed by atoms with E-state index in [1.165, 1.54) is 16.7 Å². The van der Waals surface area contributed by atoms with Crippen LogP contribution in [0, 0.1) is 13.8 Å². The number of rotatable bonds is 6. The van der Waals surface area contributed by atoms with Crippen LogP contribution in [0.15, 0.2) is 42.5 Å². The molecule has 0 aliphatic carbocycles. The van der Waals surface area contributed by atoms with E-state index in [2.05, 4.69) is 18.3 Å². The summed E-state index contributed by atoms with van der Waals surface area (Å²) in [4.78, 5) is 11.9. The van der Waals surface area contributed by atoms with Crippen molar-refractivity contribution in [2.45, 2.75) is 33.1 Å². The maximum atomic E-state index is 11.9. The minimum Gasteiger partial charge on any atom is -0.497 e. The molecule has 3 nitrogen and oxygen atoms in total. The fourth-order valence-electron chi connectivity index (χ4n) is 2.38. The maximum absolute atomic E-state index is 11.9. The van der Waals surface area contributed by atoms with Crippen molar-refractivity contribution in [3.05, 3.63) is 59.2 Å². The van der Waals surface area contributed by atoms with Crippen molar-refractivity contribution >= 4 is 11.6 Å². The lowest BCUT2D eigenvalue weighted by Gasteiger charge is -2.09. The molecule has 0 bridgehead atoms. The van der Waals surface area contributed by atoms with E-state index in [0.29, 0.717) is 6.42 Å². The maximum Gasteiger partial charge on any atom is 0.224 e. The van der Waals surface area contributed by atoms with E-state index >= 15 is 0 Å². The molecule has 2 rings (SSSR count). The second-order valence-electron chi connectivity index (χ2n) is 5.56. The highest BCUT2D eigenvalue weighted by Gasteiger charge is 2.05. The molecular weight excluding hydrogens is 274 g/mol. The molecular formula is C19H23NO2. The molecule has 22 heavy (non-hydrogen) atoms. The van der Waals surface area contributed by atoms with Gasteiger partial charge >= 0.3 is 0 Å². The molecule has 3 heteroatoms. The first-order valence-corrected chi connectivity index (χ1v) is 7.58. The van der Waals surface area contributed by atoms with Crippen LogP contribution in [-0.2, 0) is 11.2 Å². The van der Waals surface area contributed by atoms with Crippen molar-refractivity contribution in [1.82, 2.24) is 0 Å². The van der Waals surface area contributed by atoms with Crippen LogP contribution in [0.3, 0.4) is 0 Å². The van der Waals surface area contributed by atoms with Crippen LogP contribution < -0.4 is 10.1 Å². The molecule has 0 saturated heterocycles. The van der Waals surface area contributed by atoms with Gasteiger partial charge in [0.05, 0.1) is 7.11 Å². The zero-order valence-corrected chi connectivity index (χ0v) is 13.5. The predicted molar refractivity (Wildman–Crippen MR) is 90.5 cm³/mol. The fourth-order valence-corrected chi connectivity index (χ4v) is 2.38. The SMILES string of the molecule is COc1ccc(CCCC(=O)Nc2ccc(C)cc2)c(C)c1. The number of aryl methyl sites for hydroxylation is 3. The molecule has 0 fully saturated rings.